The summed E-state index contributed by atoms with van der Waals surface area (Å²) in [4.78, 5) is 31.4. The number of carbonyl (C=O) groups is 2. The SMILES string of the molecule is CCC(COC(=O)C(C)O[C]=O)C(=O)O. The highest BCUT2D eigenvalue weighted by molar-refractivity contribution is 5.76. The van der Waals surface area contributed by atoms with Gasteiger partial charge in [-0.1, -0.05) is 6.92 Å². The van der Waals surface area contributed by atoms with Gasteiger partial charge in [-0.25, -0.2) is 9.59 Å². The molecule has 2 unspecified atom stereocenters. The normalized spacial score (nSPS) is 13.7. The van der Waals surface area contributed by atoms with Crippen molar-refractivity contribution in [2.75, 3.05) is 6.61 Å². The largest absolute Gasteiger partial charge is 0.481 e. The van der Waals surface area contributed by atoms with E-state index in [-0.39, 0.29) is 6.61 Å². The molecule has 0 aliphatic carbocycles. The van der Waals surface area contributed by atoms with Crippen LogP contribution in [0.15, 0.2) is 0 Å². The van der Waals surface area contributed by atoms with Crippen molar-refractivity contribution in [2.24, 2.45) is 5.92 Å². The molecule has 0 saturated heterocycles. The van der Waals surface area contributed by atoms with E-state index >= 15 is 0 Å². The topological polar surface area (TPSA) is 89.9 Å². The third kappa shape index (κ3) is 4.99. The molecule has 1 N–H and O–H groups in total. The van der Waals surface area contributed by atoms with Crippen molar-refractivity contribution in [3.05, 3.63) is 0 Å². The third-order valence-electron chi connectivity index (χ3n) is 1.83. The molecule has 0 aromatic carbocycles. The molecule has 6 nitrogen and oxygen atoms in total. The Labute approximate surface area is 87.2 Å². The number of hydrogen-bond acceptors (Lipinski definition) is 5. The van der Waals surface area contributed by atoms with E-state index in [1.165, 1.54) is 6.92 Å². The number of ether oxygens (including phenoxy) is 2. The standard InChI is InChI=1S/C9H13O6/c1-3-7(8(11)12)4-14-9(13)6(2)15-5-10/h6-7H,3-4H2,1-2H3,(H,11,12). The van der Waals surface area contributed by atoms with Crippen molar-refractivity contribution in [3.63, 3.8) is 0 Å². The Hall–Kier alpha value is -1.59. The molecular weight excluding hydrogens is 204 g/mol. The van der Waals surface area contributed by atoms with Gasteiger partial charge in [0.25, 0.3) is 0 Å². The molecule has 1 radical (unpaired) electrons. The number of aliphatic carboxylic acids is 1. The van der Waals surface area contributed by atoms with Gasteiger partial charge in [0.1, 0.15) is 6.61 Å². The van der Waals surface area contributed by atoms with Crippen molar-refractivity contribution in [1.82, 2.24) is 0 Å². The predicted molar refractivity (Wildman–Crippen MR) is 48.6 cm³/mol. The highest BCUT2D eigenvalue weighted by Gasteiger charge is 2.21. The van der Waals surface area contributed by atoms with Gasteiger partial charge in [0.2, 0.25) is 0 Å². The van der Waals surface area contributed by atoms with Gasteiger partial charge in [0.05, 0.1) is 5.92 Å². The highest BCUT2D eigenvalue weighted by Crippen LogP contribution is 2.04. The fourth-order valence-corrected chi connectivity index (χ4v) is 0.784. The van der Waals surface area contributed by atoms with Crippen molar-refractivity contribution < 1.29 is 29.0 Å². The van der Waals surface area contributed by atoms with E-state index in [4.69, 9.17) is 5.11 Å². The van der Waals surface area contributed by atoms with E-state index in [1.54, 1.807) is 6.92 Å². The van der Waals surface area contributed by atoms with Crippen molar-refractivity contribution in [1.29, 1.82) is 0 Å². The smallest absolute Gasteiger partial charge is 0.418 e. The number of carbonyl (C=O) groups excluding carboxylic acids is 2. The maximum absolute atomic E-state index is 11.1. The first kappa shape index (κ1) is 13.4. The average molecular weight is 217 g/mol. The molecule has 0 aromatic rings. The Kier molecular flexibility index (Phi) is 6.08. The minimum atomic E-state index is -1.06. The molecule has 0 amide bonds. The van der Waals surface area contributed by atoms with E-state index in [0.29, 0.717) is 6.42 Å². The van der Waals surface area contributed by atoms with Crippen molar-refractivity contribution in [3.8, 4) is 0 Å². The van der Waals surface area contributed by atoms with Gasteiger partial charge in [-0.2, -0.15) is 0 Å². The molecule has 0 spiro atoms. The molecule has 6 heteroatoms. The van der Waals surface area contributed by atoms with Gasteiger partial charge < -0.3 is 14.6 Å². The van der Waals surface area contributed by atoms with Crippen LogP contribution >= 0.6 is 0 Å². The van der Waals surface area contributed by atoms with Crippen LogP contribution in [0.25, 0.3) is 0 Å². The Morgan fingerprint density at radius 2 is 2.07 bits per heavy atom. The fraction of sp³-hybridized carbons (Fsp3) is 0.667. The lowest BCUT2D eigenvalue weighted by Gasteiger charge is -2.12. The van der Waals surface area contributed by atoms with Gasteiger partial charge in [-0.15, -0.1) is 0 Å². The maximum atomic E-state index is 11.1. The van der Waals surface area contributed by atoms with Crippen LogP contribution in [0.5, 0.6) is 0 Å². The zero-order chi connectivity index (χ0) is 11.8. The minimum absolute atomic E-state index is 0.225. The van der Waals surface area contributed by atoms with Gasteiger partial charge >= 0.3 is 18.4 Å². The molecule has 0 heterocycles. The zero-order valence-electron chi connectivity index (χ0n) is 8.56. The van der Waals surface area contributed by atoms with E-state index < -0.39 is 24.0 Å². The van der Waals surface area contributed by atoms with Crippen LogP contribution in [-0.2, 0) is 23.9 Å². The summed E-state index contributed by atoms with van der Waals surface area (Å²) in [5.41, 5.74) is 0. The van der Waals surface area contributed by atoms with Crippen LogP contribution in [0.2, 0.25) is 0 Å². The lowest BCUT2D eigenvalue weighted by atomic mass is 10.1. The second kappa shape index (κ2) is 6.80. The van der Waals surface area contributed by atoms with Crippen LogP contribution < -0.4 is 0 Å². The molecule has 0 aliphatic rings. The molecular formula is C9H13O6. The van der Waals surface area contributed by atoms with Crippen LogP contribution in [0.4, 0.5) is 0 Å². The highest BCUT2D eigenvalue weighted by atomic mass is 16.6. The number of rotatable bonds is 7. The number of carboxylic acids is 1. The Bertz CT molecular complexity index is 237. The van der Waals surface area contributed by atoms with E-state index in [9.17, 15) is 14.4 Å². The van der Waals surface area contributed by atoms with E-state index in [0.717, 1.165) is 6.47 Å². The first-order valence-electron chi connectivity index (χ1n) is 4.45. The summed E-state index contributed by atoms with van der Waals surface area (Å²) in [5, 5.41) is 8.64. The molecule has 15 heavy (non-hydrogen) atoms. The molecule has 0 aliphatic heterocycles. The second-order valence-electron chi connectivity index (χ2n) is 2.92. The summed E-state index contributed by atoms with van der Waals surface area (Å²) in [7, 11) is 0. The fourth-order valence-electron chi connectivity index (χ4n) is 0.784. The predicted octanol–water partition coefficient (Wildman–Crippen LogP) is 0.113. The van der Waals surface area contributed by atoms with E-state index in [2.05, 4.69) is 9.47 Å². The quantitative estimate of drug-likeness (QED) is 0.609. The molecule has 85 valence electrons. The van der Waals surface area contributed by atoms with E-state index in [1.807, 2.05) is 0 Å². The second-order valence-corrected chi connectivity index (χ2v) is 2.92. The first-order valence-corrected chi connectivity index (χ1v) is 4.45. The summed E-state index contributed by atoms with van der Waals surface area (Å²) in [6, 6.07) is 0. The monoisotopic (exact) mass is 217 g/mol. The van der Waals surface area contributed by atoms with Crippen molar-refractivity contribution in [2.45, 2.75) is 26.4 Å². The minimum Gasteiger partial charge on any atom is -0.481 e. The van der Waals surface area contributed by atoms with Crippen LogP contribution in [-0.4, -0.2) is 36.2 Å². The number of esters is 1. The van der Waals surface area contributed by atoms with Gasteiger partial charge in [0, 0.05) is 0 Å². The summed E-state index contributed by atoms with van der Waals surface area (Å²) in [6.45, 7) is 3.87. The molecule has 0 saturated carbocycles. The first-order chi connectivity index (χ1) is 7.02. The number of hydrogen-bond donors (Lipinski definition) is 1. The molecule has 0 aromatic heterocycles. The summed E-state index contributed by atoms with van der Waals surface area (Å²) >= 11 is 0. The number of carboxylic acid groups (broad SMARTS) is 1. The Balaban J connectivity index is 3.97. The van der Waals surface area contributed by atoms with Gasteiger partial charge in [-0.05, 0) is 13.3 Å². The van der Waals surface area contributed by atoms with Crippen LogP contribution in [0.1, 0.15) is 20.3 Å². The molecule has 0 bridgehead atoms. The maximum Gasteiger partial charge on any atom is 0.418 e. The molecule has 0 rings (SSSR count). The van der Waals surface area contributed by atoms with Gasteiger partial charge in [0.15, 0.2) is 6.10 Å². The Morgan fingerprint density at radius 1 is 1.47 bits per heavy atom. The van der Waals surface area contributed by atoms with Crippen molar-refractivity contribution >= 4 is 18.4 Å². The molecule has 2 atom stereocenters. The average Bonchev–Trinajstić information content (AvgIpc) is 2.18. The van der Waals surface area contributed by atoms with Crippen LogP contribution in [0.3, 0.4) is 0 Å². The Morgan fingerprint density at radius 3 is 2.47 bits per heavy atom. The lowest BCUT2D eigenvalue weighted by Crippen LogP contribution is -2.27. The van der Waals surface area contributed by atoms with Crippen LogP contribution in [0, 0.1) is 5.92 Å². The molecule has 0 fully saturated rings. The summed E-state index contributed by atoms with van der Waals surface area (Å²) in [5.74, 6) is -2.54. The zero-order valence-corrected chi connectivity index (χ0v) is 8.56. The third-order valence-corrected chi connectivity index (χ3v) is 1.83. The lowest BCUT2D eigenvalue weighted by molar-refractivity contribution is -0.156. The van der Waals surface area contributed by atoms with Gasteiger partial charge in [-0.3, -0.25) is 4.79 Å². The summed E-state index contributed by atoms with van der Waals surface area (Å²) in [6.07, 6.45) is -0.703. The summed E-state index contributed by atoms with van der Waals surface area (Å²) < 4.78 is 8.85.